The molecule has 0 saturated heterocycles. The second kappa shape index (κ2) is 9.78. The average molecular weight is 441 g/mol. The SMILES string of the molecule is COc1ccc(/C=C/C(=O)Nc2ccc(Oc3cc(-n4cnc(C)c4C)ncn3)cc2)cc1. The maximum atomic E-state index is 12.2. The molecule has 2 aromatic heterocycles. The number of anilines is 1. The predicted octanol–water partition coefficient (Wildman–Crippen LogP) is 4.73. The van der Waals surface area contributed by atoms with E-state index in [1.807, 2.05) is 42.7 Å². The van der Waals surface area contributed by atoms with Crippen molar-refractivity contribution in [2.24, 2.45) is 0 Å². The number of rotatable bonds is 7. The van der Waals surface area contributed by atoms with Gasteiger partial charge in [0.15, 0.2) is 0 Å². The van der Waals surface area contributed by atoms with E-state index >= 15 is 0 Å². The molecule has 33 heavy (non-hydrogen) atoms. The van der Waals surface area contributed by atoms with Crippen LogP contribution < -0.4 is 14.8 Å². The van der Waals surface area contributed by atoms with E-state index in [4.69, 9.17) is 9.47 Å². The molecule has 0 unspecified atom stereocenters. The fourth-order valence-electron chi connectivity index (χ4n) is 3.05. The lowest BCUT2D eigenvalue weighted by atomic mass is 10.2. The monoisotopic (exact) mass is 441 g/mol. The Kier molecular flexibility index (Phi) is 6.45. The number of aryl methyl sites for hydroxylation is 1. The van der Waals surface area contributed by atoms with Crippen LogP contribution in [0.15, 0.2) is 73.3 Å². The third kappa shape index (κ3) is 5.43. The Morgan fingerprint density at radius 3 is 2.36 bits per heavy atom. The minimum Gasteiger partial charge on any atom is -0.497 e. The molecule has 0 atom stereocenters. The number of carbonyl (C=O) groups is 1. The maximum Gasteiger partial charge on any atom is 0.248 e. The van der Waals surface area contributed by atoms with Crippen LogP contribution in [0.5, 0.6) is 17.4 Å². The predicted molar refractivity (Wildman–Crippen MR) is 126 cm³/mol. The van der Waals surface area contributed by atoms with E-state index in [-0.39, 0.29) is 5.91 Å². The normalized spacial score (nSPS) is 10.9. The number of benzene rings is 2. The van der Waals surface area contributed by atoms with E-state index in [1.165, 1.54) is 12.4 Å². The first kappa shape index (κ1) is 21.8. The summed E-state index contributed by atoms with van der Waals surface area (Å²) in [4.78, 5) is 25.0. The molecule has 8 heteroatoms. The van der Waals surface area contributed by atoms with Crippen molar-refractivity contribution in [3.63, 3.8) is 0 Å². The van der Waals surface area contributed by atoms with Crippen LogP contribution in [0.4, 0.5) is 5.69 Å². The molecule has 0 bridgehead atoms. The molecule has 2 aromatic carbocycles. The van der Waals surface area contributed by atoms with E-state index < -0.39 is 0 Å². The van der Waals surface area contributed by atoms with Crippen molar-refractivity contribution in [1.82, 2.24) is 19.5 Å². The van der Waals surface area contributed by atoms with Crippen LogP contribution in [0, 0.1) is 13.8 Å². The van der Waals surface area contributed by atoms with Gasteiger partial charge in [0.1, 0.15) is 30.0 Å². The largest absolute Gasteiger partial charge is 0.497 e. The Labute approximate surface area is 191 Å². The van der Waals surface area contributed by atoms with Crippen molar-refractivity contribution < 1.29 is 14.3 Å². The Morgan fingerprint density at radius 2 is 1.70 bits per heavy atom. The number of methoxy groups -OCH3 is 1. The zero-order valence-electron chi connectivity index (χ0n) is 18.5. The van der Waals surface area contributed by atoms with Gasteiger partial charge in [-0.1, -0.05) is 12.1 Å². The summed E-state index contributed by atoms with van der Waals surface area (Å²) < 4.78 is 12.9. The Hall–Kier alpha value is -4.46. The van der Waals surface area contributed by atoms with E-state index in [9.17, 15) is 4.79 Å². The van der Waals surface area contributed by atoms with Gasteiger partial charge >= 0.3 is 0 Å². The molecule has 0 spiro atoms. The van der Waals surface area contributed by atoms with Crippen LogP contribution in [0.25, 0.3) is 11.9 Å². The molecule has 0 saturated carbocycles. The minimum atomic E-state index is -0.231. The molecule has 0 radical (unpaired) electrons. The third-order valence-corrected chi connectivity index (χ3v) is 5.01. The standard InChI is InChI=1S/C25H23N5O3/c1-17-18(2)30(16-28-17)23-14-25(27-15-26-23)33-22-11-7-20(8-12-22)29-24(31)13-6-19-4-9-21(32-3)10-5-19/h4-16H,1-3H3,(H,29,31)/b13-6+. The summed E-state index contributed by atoms with van der Waals surface area (Å²) in [5.41, 5.74) is 3.49. The first-order chi connectivity index (χ1) is 16.0. The molecule has 166 valence electrons. The molecule has 1 amide bonds. The summed E-state index contributed by atoms with van der Waals surface area (Å²) in [6.07, 6.45) is 6.39. The molecular weight excluding hydrogens is 418 g/mol. The summed E-state index contributed by atoms with van der Waals surface area (Å²) in [6, 6.07) is 16.2. The number of ether oxygens (including phenoxy) is 2. The van der Waals surface area contributed by atoms with E-state index in [0.717, 1.165) is 22.7 Å². The fourth-order valence-corrected chi connectivity index (χ4v) is 3.05. The number of amides is 1. The Balaban J connectivity index is 1.37. The zero-order valence-corrected chi connectivity index (χ0v) is 18.5. The number of imidazole rings is 1. The number of carbonyl (C=O) groups excluding carboxylic acids is 1. The number of aromatic nitrogens is 4. The van der Waals surface area contributed by atoms with Crippen LogP contribution in [0.3, 0.4) is 0 Å². The van der Waals surface area contributed by atoms with Crippen molar-refractivity contribution in [3.05, 3.63) is 90.3 Å². The number of hydrogen-bond donors (Lipinski definition) is 1. The highest BCUT2D eigenvalue weighted by atomic mass is 16.5. The van der Waals surface area contributed by atoms with Crippen molar-refractivity contribution in [1.29, 1.82) is 0 Å². The van der Waals surface area contributed by atoms with Gasteiger partial charge in [0.05, 0.1) is 12.8 Å². The second-order valence-electron chi connectivity index (χ2n) is 7.22. The Morgan fingerprint density at radius 1 is 0.970 bits per heavy atom. The molecule has 0 aliphatic heterocycles. The summed E-state index contributed by atoms with van der Waals surface area (Å²) in [6.45, 7) is 3.92. The van der Waals surface area contributed by atoms with Crippen molar-refractivity contribution in [2.75, 3.05) is 12.4 Å². The van der Waals surface area contributed by atoms with Gasteiger partial charge in [-0.2, -0.15) is 0 Å². The fraction of sp³-hybridized carbons (Fsp3) is 0.120. The smallest absolute Gasteiger partial charge is 0.248 e. The topological polar surface area (TPSA) is 91.2 Å². The van der Waals surface area contributed by atoms with Crippen LogP contribution in [0.1, 0.15) is 17.0 Å². The molecule has 2 heterocycles. The highest BCUT2D eigenvalue weighted by Crippen LogP contribution is 2.23. The van der Waals surface area contributed by atoms with Gasteiger partial charge in [0, 0.05) is 23.5 Å². The highest BCUT2D eigenvalue weighted by molar-refractivity contribution is 6.01. The summed E-state index contributed by atoms with van der Waals surface area (Å²) in [5, 5.41) is 2.82. The Bertz CT molecular complexity index is 1280. The van der Waals surface area contributed by atoms with E-state index in [0.29, 0.717) is 23.1 Å². The molecule has 8 nitrogen and oxygen atoms in total. The summed E-state index contributed by atoms with van der Waals surface area (Å²) in [5.74, 6) is 2.20. The van der Waals surface area contributed by atoms with E-state index in [2.05, 4.69) is 20.3 Å². The van der Waals surface area contributed by atoms with Gasteiger partial charge in [0.25, 0.3) is 0 Å². The van der Waals surface area contributed by atoms with Gasteiger partial charge < -0.3 is 14.8 Å². The molecule has 0 aliphatic carbocycles. The van der Waals surface area contributed by atoms with Crippen LogP contribution in [0.2, 0.25) is 0 Å². The average Bonchev–Trinajstić information content (AvgIpc) is 3.17. The van der Waals surface area contributed by atoms with E-state index in [1.54, 1.807) is 49.8 Å². The molecule has 4 aromatic rings. The first-order valence-corrected chi connectivity index (χ1v) is 10.3. The summed E-state index contributed by atoms with van der Waals surface area (Å²) >= 11 is 0. The van der Waals surface area contributed by atoms with Gasteiger partial charge in [-0.05, 0) is 61.9 Å². The number of hydrogen-bond acceptors (Lipinski definition) is 6. The zero-order chi connectivity index (χ0) is 23.2. The lowest BCUT2D eigenvalue weighted by Crippen LogP contribution is -2.07. The first-order valence-electron chi connectivity index (χ1n) is 10.3. The van der Waals surface area contributed by atoms with Crippen LogP contribution in [-0.4, -0.2) is 32.5 Å². The van der Waals surface area contributed by atoms with Crippen molar-refractivity contribution in [2.45, 2.75) is 13.8 Å². The van der Waals surface area contributed by atoms with Crippen LogP contribution >= 0.6 is 0 Å². The van der Waals surface area contributed by atoms with Gasteiger partial charge in [-0.3, -0.25) is 9.36 Å². The van der Waals surface area contributed by atoms with Gasteiger partial charge in [-0.25, -0.2) is 15.0 Å². The van der Waals surface area contributed by atoms with Crippen molar-refractivity contribution in [3.8, 4) is 23.2 Å². The second-order valence-corrected chi connectivity index (χ2v) is 7.22. The van der Waals surface area contributed by atoms with Gasteiger partial charge in [0.2, 0.25) is 11.8 Å². The van der Waals surface area contributed by atoms with Crippen LogP contribution in [-0.2, 0) is 4.79 Å². The molecule has 4 rings (SSSR count). The quantitative estimate of drug-likeness (QED) is 0.417. The lowest BCUT2D eigenvalue weighted by molar-refractivity contribution is -0.111. The number of nitrogens with zero attached hydrogens (tertiary/aromatic N) is 4. The molecule has 0 fully saturated rings. The molecule has 0 aliphatic rings. The molecule has 1 N–H and O–H groups in total. The molecular formula is C25H23N5O3. The summed E-state index contributed by atoms with van der Waals surface area (Å²) in [7, 11) is 1.61. The van der Waals surface area contributed by atoms with Gasteiger partial charge in [-0.15, -0.1) is 0 Å². The van der Waals surface area contributed by atoms with Crippen molar-refractivity contribution >= 4 is 17.7 Å². The highest BCUT2D eigenvalue weighted by Gasteiger charge is 2.08. The number of nitrogens with one attached hydrogen (secondary N) is 1. The minimum absolute atomic E-state index is 0.231. The third-order valence-electron chi connectivity index (χ3n) is 5.01. The lowest BCUT2D eigenvalue weighted by Gasteiger charge is -2.09. The maximum absolute atomic E-state index is 12.2.